The summed E-state index contributed by atoms with van der Waals surface area (Å²) in [5.74, 6) is 0.804. The summed E-state index contributed by atoms with van der Waals surface area (Å²) in [6.07, 6.45) is -3.89. The number of aliphatic imine (C=N–C) groups is 1. The lowest BCUT2D eigenvalue weighted by Crippen LogP contribution is -2.44. The van der Waals surface area contributed by atoms with E-state index in [2.05, 4.69) is 15.6 Å². The van der Waals surface area contributed by atoms with Crippen LogP contribution in [0.25, 0.3) is 0 Å². The molecule has 1 aliphatic heterocycles. The highest BCUT2D eigenvalue weighted by Gasteiger charge is 2.30. The average molecular weight is 521 g/mol. The van der Waals surface area contributed by atoms with Crippen LogP contribution in [0.2, 0.25) is 0 Å². The number of nitrogens with one attached hydrogen (secondary N) is 2. The molecule has 2 N–H and O–H groups in total. The smallest absolute Gasteiger partial charge is 0.416 e. The first kappa shape index (κ1) is 23.8. The number of sulfone groups is 1. The van der Waals surface area contributed by atoms with Crippen LogP contribution in [0, 0.1) is 0 Å². The van der Waals surface area contributed by atoms with Crippen LogP contribution in [0.1, 0.15) is 18.9 Å². The van der Waals surface area contributed by atoms with E-state index in [1.54, 1.807) is 0 Å². The third-order valence-electron chi connectivity index (χ3n) is 3.71. The lowest BCUT2D eigenvalue weighted by atomic mass is 10.2. The van der Waals surface area contributed by atoms with Crippen molar-refractivity contribution >= 4 is 39.8 Å². The van der Waals surface area contributed by atoms with Crippen LogP contribution in [0.4, 0.5) is 13.2 Å². The molecule has 0 saturated carbocycles. The van der Waals surface area contributed by atoms with Gasteiger partial charge >= 0.3 is 6.18 Å². The van der Waals surface area contributed by atoms with Crippen molar-refractivity contribution in [2.24, 2.45) is 4.99 Å². The fourth-order valence-electron chi connectivity index (χ4n) is 2.51. The predicted octanol–water partition coefficient (Wildman–Crippen LogP) is 2.44. The van der Waals surface area contributed by atoms with Crippen LogP contribution in [-0.4, -0.2) is 51.6 Å². The molecule has 0 aromatic heterocycles. The molecule has 1 atom stereocenters. The third kappa shape index (κ3) is 8.11. The van der Waals surface area contributed by atoms with Gasteiger partial charge in [-0.1, -0.05) is 6.07 Å². The highest BCUT2D eigenvalue weighted by atomic mass is 127. The molecular weight excluding hydrogens is 498 g/mol. The summed E-state index contributed by atoms with van der Waals surface area (Å²) in [5, 5.41) is 6.06. The van der Waals surface area contributed by atoms with Crippen LogP contribution >= 0.6 is 24.0 Å². The van der Waals surface area contributed by atoms with Crippen molar-refractivity contribution in [3.05, 3.63) is 29.8 Å². The number of benzene rings is 1. The van der Waals surface area contributed by atoms with Crippen molar-refractivity contribution < 1.29 is 26.3 Å². The predicted molar refractivity (Wildman–Crippen MR) is 109 cm³/mol. The minimum atomic E-state index is -4.42. The molecule has 1 aromatic rings. The van der Waals surface area contributed by atoms with E-state index in [0.717, 1.165) is 12.1 Å². The van der Waals surface area contributed by atoms with Gasteiger partial charge in [0.25, 0.3) is 0 Å². The van der Waals surface area contributed by atoms with Gasteiger partial charge in [-0.05, 0) is 31.5 Å². The van der Waals surface area contributed by atoms with Gasteiger partial charge in [0.15, 0.2) is 15.8 Å². The second-order valence-electron chi connectivity index (χ2n) is 5.88. The standard InChI is InChI=1S/C16H22F3N3O3S.HI/c1-2-20-15(22-13-6-9-26(23,24)11-13)21-7-8-25-14-5-3-4-12(10-14)16(17,18)19;/h3-5,10,13H,2,6-9,11H2,1H3,(H2,20,21,22);1H. The number of hydrogen-bond acceptors (Lipinski definition) is 4. The Morgan fingerprint density at radius 3 is 2.70 bits per heavy atom. The fourth-order valence-corrected chi connectivity index (χ4v) is 4.18. The highest BCUT2D eigenvalue weighted by molar-refractivity contribution is 14.0. The Morgan fingerprint density at radius 1 is 1.37 bits per heavy atom. The molecule has 1 unspecified atom stereocenters. The third-order valence-corrected chi connectivity index (χ3v) is 5.48. The first-order valence-corrected chi connectivity index (χ1v) is 10.1. The van der Waals surface area contributed by atoms with Crippen molar-refractivity contribution in [1.82, 2.24) is 10.6 Å². The quantitative estimate of drug-likeness (QED) is 0.260. The number of hydrogen-bond donors (Lipinski definition) is 2. The minimum Gasteiger partial charge on any atom is -0.492 e. The maximum atomic E-state index is 12.7. The van der Waals surface area contributed by atoms with Gasteiger partial charge in [-0.3, -0.25) is 0 Å². The van der Waals surface area contributed by atoms with Crippen molar-refractivity contribution in [1.29, 1.82) is 0 Å². The van der Waals surface area contributed by atoms with E-state index in [0.29, 0.717) is 18.9 Å². The van der Waals surface area contributed by atoms with Crippen LogP contribution in [-0.2, 0) is 16.0 Å². The number of alkyl halides is 3. The summed E-state index contributed by atoms with van der Waals surface area (Å²) in [5.41, 5.74) is -0.768. The molecule has 1 aliphatic rings. The van der Waals surface area contributed by atoms with Crippen molar-refractivity contribution in [2.75, 3.05) is 31.2 Å². The zero-order chi connectivity index (χ0) is 19.2. The van der Waals surface area contributed by atoms with Gasteiger partial charge in [0.1, 0.15) is 12.4 Å². The molecular formula is C16H23F3IN3O3S. The Hall–Kier alpha value is -1.24. The Kier molecular flexibility index (Phi) is 9.12. The summed E-state index contributed by atoms with van der Waals surface area (Å²) < 4.78 is 66.3. The number of guanidine groups is 1. The van der Waals surface area contributed by atoms with Crippen molar-refractivity contribution in [3.8, 4) is 5.75 Å². The van der Waals surface area contributed by atoms with E-state index in [1.165, 1.54) is 12.1 Å². The Balaban J connectivity index is 0.00000364. The van der Waals surface area contributed by atoms with Crippen molar-refractivity contribution in [3.63, 3.8) is 0 Å². The number of rotatable bonds is 6. The average Bonchev–Trinajstić information content (AvgIpc) is 2.90. The van der Waals surface area contributed by atoms with E-state index in [1.807, 2.05) is 6.92 Å². The molecule has 6 nitrogen and oxygen atoms in total. The molecule has 0 spiro atoms. The van der Waals surface area contributed by atoms with Crippen LogP contribution in [0.5, 0.6) is 5.75 Å². The molecule has 0 amide bonds. The van der Waals surface area contributed by atoms with E-state index >= 15 is 0 Å². The highest BCUT2D eigenvalue weighted by Crippen LogP contribution is 2.31. The molecule has 1 saturated heterocycles. The molecule has 1 aromatic carbocycles. The molecule has 27 heavy (non-hydrogen) atoms. The summed E-state index contributed by atoms with van der Waals surface area (Å²) in [6, 6.07) is 4.46. The van der Waals surface area contributed by atoms with E-state index < -0.39 is 21.6 Å². The largest absolute Gasteiger partial charge is 0.492 e. The summed E-state index contributed by atoms with van der Waals surface area (Å²) >= 11 is 0. The minimum absolute atomic E-state index is 0. The van der Waals surface area contributed by atoms with Crippen LogP contribution in [0.3, 0.4) is 0 Å². The van der Waals surface area contributed by atoms with Crippen LogP contribution < -0.4 is 15.4 Å². The first-order chi connectivity index (χ1) is 12.2. The van der Waals surface area contributed by atoms with Gasteiger partial charge in [0, 0.05) is 12.6 Å². The molecule has 1 heterocycles. The van der Waals surface area contributed by atoms with Crippen LogP contribution in [0.15, 0.2) is 29.3 Å². The lowest BCUT2D eigenvalue weighted by Gasteiger charge is -2.16. The summed E-state index contributed by atoms with van der Waals surface area (Å²) in [7, 11) is -3.00. The molecule has 0 bridgehead atoms. The van der Waals surface area contributed by atoms with Gasteiger partial charge in [-0.15, -0.1) is 24.0 Å². The SMILES string of the molecule is CCNC(=NCCOc1cccc(C(F)(F)F)c1)NC1CCS(=O)(=O)C1.I. The van der Waals surface area contributed by atoms with Gasteiger partial charge in [0.05, 0.1) is 23.6 Å². The normalized spacial score (nSPS) is 19.3. The Labute approximate surface area is 173 Å². The van der Waals surface area contributed by atoms with E-state index in [-0.39, 0.29) is 60.4 Å². The number of nitrogens with zero attached hydrogens (tertiary/aromatic N) is 1. The second-order valence-corrected chi connectivity index (χ2v) is 8.11. The molecule has 154 valence electrons. The zero-order valence-electron chi connectivity index (χ0n) is 14.8. The topological polar surface area (TPSA) is 79.8 Å². The van der Waals surface area contributed by atoms with Gasteiger partial charge in [0.2, 0.25) is 0 Å². The molecule has 1 fully saturated rings. The molecule has 11 heteroatoms. The molecule has 0 aliphatic carbocycles. The Morgan fingerprint density at radius 2 is 2.11 bits per heavy atom. The maximum absolute atomic E-state index is 12.7. The lowest BCUT2D eigenvalue weighted by molar-refractivity contribution is -0.137. The Bertz CT molecular complexity index is 742. The van der Waals surface area contributed by atoms with Crippen molar-refractivity contribution in [2.45, 2.75) is 25.6 Å². The zero-order valence-corrected chi connectivity index (χ0v) is 17.9. The number of ether oxygens (including phenoxy) is 1. The number of halogens is 4. The first-order valence-electron chi connectivity index (χ1n) is 8.25. The van der Waals surface area contributed by atoms with E-state index in [4.69, 9.17) is 4.74 Å². The summed E-state index contributed by atoms with van der Waals surface area (Å²) in [4.78, 5) is 4.26. The molecule has 0 radical (unpaired) electrons. The van der Waals surface area contributed by atoms with Gasteiger partial charge in [-0.25, -0.2) is 13.4 Å². The van der Waals surface area contributed by atoms with Gasteiger partial charge in [-0.2, -0.15) is 13.2 Å². The monoisotopic (exact) mass is 521 g/mol. The van der Waals surface area contributed by atoms with E-state index in [9.17, 15) is 21.6 Å². The van der Waals surface area contributed by atoms with Gasteiger partial charge < -0.3 is 15.4 Å². The fraction of sp³-hybridized carbons (Fsp3) is 0.562. The maximum Gasteiger partial charge on any atom is 0.416 e. The second kappa shape index (κ2) is 10.3. The molecule has 2 rings (SSSR count). The summed E-state index contributed by atoms with van der Waals surface area (Å²) in [6.45, 7) is 2.79.